The van der Waals surface area contributed by atoms with Gasteiger partial charge in [0.15, 0.2) is 0 Å². The molecule has 3 rings (SSSR count). The summed E-state index contributed by atoms with van der Waals surface area (Å²) < 4.78 is 72.6. The summed E-state index contributed by atoms with van der Waals surface area (Å²) in [6, 6.07) is 9.20. The first-order valence-corrected chi connectivity index (χ1v) is 12.2. The van der Waals surface area contributed by atoms with Gasteiger partial charge in [0.25, 0.3) is 0 Å². The molecule has 1 aliphatic heterocycles. The Labute approximate surface area is 202 Å². The highest BCUT2D eigenvalue weighted by Gasteiger charge is 2.49. The normalized spacial score (nSPS) is 14.7. The lowest BCUT2D eigenvalue weighted by Gasteiger charge is -2.26. The zero-order valence-electron chi connectivity index (χ0n) is 19.8. The molecule has 1 aromatic carbocycles. The van der Waals surface area contributed by atoms with Crippen molar-refractivity contribution in [3.63, 3.8) is 0 Å². The molecule has 0 atom stereocenters. The maximum absolute atomic E-state index is 13.1. The number of hydrogen-bond acceptors (Lipinski definition) is 8. The van der Waals surface area contributed by atoms with E-state index in [1.807, 2.05) is 30.3 Å². The number of amides is 1. The van der Waals surface area contributed by atoms with Crippen LogP contribution in [0.1, 0.15) is 37.6 Å². The number of ether oxygens (including phenoxy) is 1. The van der Waals surface area contributed by atoms with Crippen molar-refractivity contribution in [1.82, 2.24) is 14.9 Å². The Hall–Kier alpha value is -3.09. The second kappa shape index (κ2) is 9.88. The lowest BCUT2D eigenvalue weighted by Crippen LogP contribution is -2.38. The molecule has 1 amide bonds. The number of rotatable bonds is 5. The second-order valence-electron chi connectivity index (χ2n) is 9.05. The van der Waals surface area contributed by atoms with E-state index in [2.05, 4.69) is 14.2 Å². The van der Waals surface area contributed by atoms with Crippen LogP contribution < -0.4 is 9.08 Å². The van der Waals surface area contributed by atoms with Crippen LogP contribution in [0, 0.1) is 0 Å². The van der Waals surface area contributed by atoms with Gasteiger partial charge >= 0.3 is 21.7 Å². The van der Waals surface area contributed by atoms with Crippen LogP contribution in [0.2, 0.25) is 0 Å². The summed E-state index contributed by atoms with van der Waals surface area (Å²) in [5.74, 6) is -0.709. The number of hydrogen-bond donors (Lipinski definition) is 0. The van der Waals surface area contributed by atoms with E-state index in [1.165, 1.54) is 4.90 Å². The van der Waals surface area contributed by atoms with Gasteiger partial charge in [-0.15, -0.1) is 0 Å². The fourth-order valence-corrected chi connectivity index (χ4v) is 3.82. The largest absolute Gasteiger partial charge is 0.534 e. The zero-order valence-corrected chi connectivity index (χ0v) is 20.6. The average molecular weight is 517 g/mol. The number of carbonyl (C=O) groups excluding carboxylic acids is 1. The van der Waals surface area contributed by atoms with Gasteiger partial charge in [-0.05, 0) is 32.8 Å². The molecule has 1 aromatic heterocycles. The zero-order chi connectivity index (χ0) is 26.0. The lowest BCUT2D eigenvalue weighted by molar-refractivity contribution is -0.0501. The fraction of sp³-hybridized carbons (Fsp3) is 0.500. The van der Waals surface area contributed by atoms with Gasteiger partial charge < -0.3 is 18.7 Å². The predicted octanol–water partition coefficient (Wildman–Crippen LogP) is 3.68. The van der Waals surface area contributed by atoms with E-state index in [4.69, 9.17) is 4.74 Å². The molecule has 0 aliphatic carbocycles. The predicted molar refractivity (Wildman–Crippen MR) is 121 cm³/mol. The Kier molecular flexibility index (Phi) is 7.48. The third-order valence-electron chi connectivity index (χ3n) is 5.02. The van der Waals surface area contributed by atoms with Crippen molar-refractivity contribution >= 4 is 22.2 Å². The van der Waals surface area contributed by atoms with Crippen molar-refractivity contribution < 1.29 is 35.3 Å². The fourth-order valence-electron chi connectivity index (χ4n) is 3.38. The third-order valence-corrected chi connectivity index (χ3v) is 5.97. The molecule has 0 saturated carbocycles. The summed E-state index contributed by atoms with van der Waals surface area (Å²) >= 11 is 0. The maximum atomic E-state index is 13.1. The first kappa shape index (κ1) is 26.5. The standard InChI is InChI=1S/C22H27F3N4O5S/c1-21(2,3)33-20(30)29-12-10-16-17(11-13-29)26-19(28(4)14-15-8-6-5-7-9-15)27-18(16)34-35(31,32)22(23,24)25/h5-9H,10-14H2,1-4H3. The van der Waals surface area contributed by atoms with E-state index < -0.39 is 33.2 Å². The van der Waals surface area contributed by atoms with Crippen LogP contribution in [0.25, 0.3) is 0 Å². The molecule has 0 fully saturated rings. The summed E-state index contributed by atoms with van der Waals surface area (Å²) in [6.45, 7) is 5.69. The van der Waals surface area contributed by atoms with Crippen LogP contribution in [-0.2, 0) is 34.2 Å². The van der Waals surface area contributed by atoms with Crippen molar-refractivity contribution in [1.29, 1.82) is 0 Å². The maximum Gasteiger partial charge on any atom is 0.534 e. The van der Waals surface area contributed by atoms with E-state index in [-0.39, 0.29) is 37.4 Å². The molecule has 0 N–H and O–H groups in total. The van der Waals surface area contributed by atoms with E-state index >= 15 is 0 Å². The molecular weight excluding hydrogens is 489 g/mol. The Balaban J connectivity index is 1.96. The first-order valence-electron chi connectivity index (χ1n) is 10.8. The number of nitrogens with zero attached hydrogens (tertiary/aromatic N) is 4. The van der Waals surface area contributed by atoms with Crippen molar-refractivity contribution in [2.45, 2.75) is 51.3 Å². The minimum Gasteiger partial charge on any atom is -0.444 e. The summed E-state index contributed by atoms with van der Waals surface area (Å²) in [6.07, 6.45) is -0.462. The summed E-state index contributed by atoms with van der Waals surface area (Å²) in [4.78, 5) is 24.0. The van der Waals surface area contributed by atoms with E-state index in [0.717, 1.165) is 5.56 Å². The molecule has 0 spiro atoms. The second-order valence-corrected chi connectivity index (χ2v) is 10.6. The molecule has 192 valence electrons. The van der Waals surface area contributed by atoms with Gasteiger partial charge in [-0.3, -0.25) is 0 Å². The molecule has 1 aliphatic rings. The van der Waals surface area contributed by atoms with Crippen LogP contribution in [0.15, 0.2) is 30.3 Å². The number of carbonyl (C=O) groups is 1. The Bertz CT molecular complexity index is 1170. The SMILES string of the molecule is CN(Cc1ccccc1)c1nc2c(c(OS(=O)(=O)C(F)(F)F)n1)CCN(C(=O)OC(C)(C)C)CC2. The van der Waals surface area contributed by atoms with Gasteiger partial charge in [0.2, 0.25) is 11.8 Å². The summed E-state index contributed by atoms with van der Waals surface area (Å²) in [7, 11) is -4.34. The molecular formula is C22H27F3N4O5S. The molecule has 9 nitrogen and oxygen atoms in total. The van der Waals surface area contributed by atoms with E-state index in [9.17, 15) is 26.4 Å². The van der Waals surface area contributed by atoms with Crippen molar-refractivity contribution in [2.75, 3.05) is 25.0 Å². The third kappa shape index (κ3) is 6.74. The number of anilines is 1. The van der Waals surface area contributed by atoms with Crippen molar-refractivity contribution in [3.05, 3.63) is 47.2 Å². The Morgan fingerprint density at radius 2 is 1.71 bits per heavy atom. The highest BCUT2D eigenvalue weighted by atomic mass is 32.2. The monoisotopic (exact) mass is 516 g/mol. The van der Waals surface area contributed by atoms with Crippen molar-refractivity contribution in [3.8, 4) is 5.88 Å². The highest BCUT2D eigenvalue weighted by molar-refractivity contribution is 7.87. The van der Waals surface area contributed by atoms with Gasteiger partial charge in [-0.25, -0.2) is 9.78 Å². The van der Waals surface area contributed by atoms with Crippen molar-refractivity contribution in [2.24, 2.45) is 0 Å². The van der Waals surface area contributed by atoms with Crippen LogP contribution in [0.3, 0.4) is 0 Å². The van der Waals surface area contributed by atoms with Gasteiger partial charge in [0.05, 0.1) is 5.69 Å². The average Bonchev–Trinajstić information content (AvgIpc) is 2.95. The molecule has 0 saturated heterocycles. The van der Waals surface area contributed by atoms with E-state index in [0.29, 0.717) is 12.2 Å². The number of benzene rings is 1. The molecule has 35 heavy (non-hydrogen) atoms. The van der Waals surface area contributed by atoms with Crippen LogP contribution in [0.4, 0.5) is 23.9 Å². The molecule has 2 heterocycles. The topological polar surface area (TPSA) is 102 Å². The van der Waals surface area contributed by atoms with Gasteiger partial charge in [0, 0.05) is 38.7 Å². The van der Waals surface area contributed by atoms with Crippen LogP contribution in [0.5, 0.6) is 5.88 Å². The summed E-state index contributed by atoms with van der Waals surface area (Å²) in [5.41, 5.74) is -5.09. The number of alkyl halides is 3. The number of fused-ring (bicyclic) bond motifs is 1. The minimum atomic E-state index is -5.97. The highest BCUT2D eigenvalue weighted by Crippen LogP contribution is 2.32. The lowest BCUT2D eigenvalue weighted by atomic mass is 10.1. The van der Waals surface area contributed by atoms with Crippen LogP contribution >= 0.6 is 0 Å². The Morgan fingerprint density at radius 1 is 1.09 bits per heavy atom. The summed E-state index contributed by atoms with van der Waals surface area (Å²) in [5, 5.41) is 0. The van der Waals surface area contributed by atoms with Gasteiger partial charge in [-0.2, -0.15) is 26.6 Å². The molecule has 0 bridgehead atoms. The van der Waals surface area contributed by atoms with E-state index in [1.54, 1.807) is 32.7 Å². The molecule has 2 aromatic rings. The molecule has 13 heteroatoms. The first-order chi connectivity index (χ1) is 16.2. The smallest absolute Gasteiger partial charge is 0.444 e. The number of halogens is 3. The quantitative estimate of drug-likeness (QED) is 0.438. The molecule has 0 radical (unpaired) electrons. The van der Waals surface area contributed by atoms with Gasteiger partial charge in [0.1, 0.15) is 5.60 Å². The Morgan fingerprint density at radius 3 is 2.31 bits per heavy atom. The van der Waals surface area contributed by atoms with Crippen LogP contribution in [-0.4, -0.2) is 60.6 Å². The van der Waals surface area contributed by atoms with Gasteiger partial charge in [-0.1, -0.05) is 30.3 Å². The number of aromatic nitrogens is 2. The molecule has 0 unspecified atom stereocenters. The minimum absolute atomic E-state index is 0.00862.